The van der Waals surface area contributed by atoms with Crippen molar-refractivity contribution in [1.29, 1.82) is 0 Å². The van der Waals surface area contributed by atoms with Crippen molar-refractivity contribution < 1.29 is 72.1 Å². The van der Waals surface area contributed by atoms with Crippen molar-refractivity contribution in [3.63, 3.8) is 0 Å². The van der Waals surface area contributed by atoms with Gasteiger partial charge in [-0.2, -0.15) is 0 Å². The van der Waals surface area contributed by atoms with Crippen LogP contribution in [-0.4, -0.2) is 133 Å². The molecule has 21 heteroatoms. The molecular formula is C86H104N6O15. The number of unbranched alkanes of at least 4 members (excludes halogenated alkanes) is 2. The minimum absolute atomic E-state index is 0.101. The van der Waals surface area contributed by atoms with E-state index in [2.05, 4.69) is 31.1 Å². The molecule has 0 unspecified atom stereocenters. The second-order valence-corrected chi connectivity index (χ2v) is 26.1. The van der Waals surface area contributed by atoms with E-state index in [1.807, 2.05) is 218 Å². The number of nitrogens with zero attached hydrogens (tertiary/aromatic N) is 2. The van der Waals surface area contributed by atoms with E-state index in [4.69, 9.17) is 43.4 Å². The highest BCUT2D eigenvalue weighted by Gasteiger charge is 2.28. The van der Waals surface area contributed by atoms with Gasteiger partial charge in [-0.1, -0.05) is 170 Å². The van der Waals surface area contributed by atoms with Gasteiger partial charge in [0.15, 0.2) is 0 Å². The Labute approximate surface area is 629 Å². The SMILES string of the molecule is O=C(O)CCC(=O)NCCCC[C@@H](C(=O)NCCCOCCOCCOCCCNC(=O)[C@H](CCCCNC(=O)CCC(=O)O)N(Cc1ccc(OCc2ccccc2)cc1)Cc1ccc(OCc2ccccc2)cc1)N(Cc1ccc(OCc2ccccc2)cc1)Cc1ccc(OCc2ccccc2)cc1. The molecule has 0 heterocycles. The third-order valence-electron chi connectivity index (χ3n) is 17.6. The van der Waals surface area contributed by atoms with E-state index < -0.39 is 24.0 Å². The fourth-order valence-corrected chi connectivity index (χ4v) is 11.7. The van der Waals surface area contributed by atoms with E-state index in [-0.39, 0.29) is 49.3 Å². The standard InChI is InChI=1S/C86H104N6O15/c93-81(45-47-83(95)96)87-49-15-13-27-79(91(59-67-29-37-75(38-30-67)104-63-71-19-5-1-6-20-71)60-68-31-39-76(40-32-68)105-64-72-21-7-2-8-22-72)85(99)89-51-17-53-101-55-57-103-58-56-102-54-18-52-90-86(100)80(28-14-16-50-88-82(94)46-48-84(97)98)92(61-69-33-41-77(42-34-69)106-65-73-23-9-3-10-24-73)62-70-35-43-78(44-36-70)107-66-74-25-11-4-12-26-74/h1-12,19-26,29-44,79-80H,13-18,27-28,45-66H2,(H,87,93)(H,88,94)(H,89,99)(H,90,100)(H,95,96)(H,97,98)/t79-,80-/m0/s1. The van der Waals surface area contributed by atoms with Crippen molar-refractivity contribution in [2.75, 3.05) is 65.8 Å². The summed E-state index contributed by atoms with van der Waals surface area (Å²) in [5.41, 5.74) is 8.21. The van der Waals surface area contributed by atoms with Gasteiger partial charge in [-0.05, 0) is 144 Å². The van der Waals surface area contributed by atoms with E-state index >= 15 is 0 Å². The molecule has 0 saturated heterocycles. The van der Waals surface area contributed by atoms with Crippen molar-refractivity contribution >= 4 is 35.6 Å². The normalized spacial score (nSPS) is 11.7. The Morgan fingerprint density at radius 2 is 0.551 bits per heavy atom. The molecule has 6 N–H and O–H groups in total. The molecule has 0 radical (unpaired) electrons. The molecular weight excluding hydrogens is 1360 g/mol. The van der Waals surface area contributed by atoms with Gasteiger partial charge in [0.05, 0.1) is 51.4 Å². The molecule has 0 aliphatic heterocycles. The summed E-state index contributed by atoms with van der Waals surface area (Å²) in [5, 5.41) is 30.2. The lowest BCUT2D eigenvalue weighted by Gasteiger charge is -2.31. The summed E-state index contributed by atoms with van der Waals surface area (Å²) in [6.07, 6.45) is 3.81. The smallest absolute Gasteiger partial charge is 0.303 e. The van der Waals surface area contributed by atoms with Crippen LogP contribution in [0.1, 0.15) is 122 Å². The first-order valence-electron chi connectivity index (χ1n) is 37.1. The number of carbonyl (C=O) groups excluding carboxylic acids is 4. The Balaban J connectivity index is 0.800. The summed E-state index contributed by atoms with van der Waals surface area (Å²) in [5.74, 6) is -0.0697. The van der Waals surface area contributed by atoms with Crippen molar-refractivity contribution in [1.82, 2.24) is 31.1 Å². The van der Waals surface area contributed by atoms with E-state index in [1.165, 1.54) is 0 Å². The van der Waals surface area contributed by atoms with E-state index in [9.17, 15) is 28.8 Å². The van der Waals surface area contributed by atoms with Crippen LogP contribution in [0, 0.1) is 0 Å². The van der Waals surface area contributed by atoms with Crippen LogP contribution in [0.25, 0.3) is 0 Å². The number of hydrogen-bond acceptors (Lipinski definition) is 15. The average Bonchev–Trinajstić information content (AvgIpc) is 0.846. The number of carboxylic acids is 2. The molecule has 8 aromatic rings. The molecule has 0 aliphatic carbocycles. The first-order valence-corrected chi connectivity index (χ1v) is 37.1. The second-order valence-electron chi connectivity index (χ2n) is 26.1. The highest BCUT2D eigenvalue weighted by molar-refractivity contribution is 5.83. The first kappa shape index (κ1) is 82.2. The minimum atomic E-state index is -1.03. The Kier molecular flexibility index (Phi) is 37.4. The zero-order chi connectivity index (χ0) is 75.1. The molecule has 2 atom stereocenters. The van der Waals surface area contributed by atoms with E-state index in [1.54, 1.807) is 0 Å². The molecule has 0 bridgehead atoms. The highest BCUT2D eigenvalue weighted by atomic mass is 16.5. The molecule has 8 aromatic carbocycles. The number of amides is 4. The lowest BCUT2D eigenvalue weighted by Crippen LogP contribution is -2.46. The zero-order valence-corrected chi connectivity index (χ0v) is 61.2. The summed E-state index contributed by atoms with van der Waals surface area (Å²) < 4.78 is 42.1. The van der Waals surface area contributed by atoms with Gasteiger partial charge < -0.3 is 64.6 Å². The number of ether oxygens (including phenoxy) is 7. The van der Waals surface area contributed by atoms with Crippen LogP contribution in [0.4, 0.5) is 0 Å². The van der Waals surface area contributed by atoms with Gasteiger partial charge >= 0.3 is 11.9 Å². The number of carboxylic acid groups (broad SMARTS) is 2. The van der Waals surface area contributed by atoms with Gasteiger partial charge in [-0.25, -0.2) is 0 Å². The van der Waals surface area contributed by atoms with Gasteiger partial charge in [0.25, 0.3) is 0 Å². The minimum Gasteiger partial charge on any atom is -0.489 e. The number of benzene rings is 8. The number of nitrogens with one attached hydrogen (secondary N) is 4. The van der Waals surface area contributed by atoms with Crippen LogP contribution >= 0.6 is 0 Å². The number of carbonyl (C=O) groups is 6. The second kappa shape index (κ2) is 48.6. The molecule has 0 fully saturated rings. The quantitative estimate of drug-likeness (QED) is 0.0194. The maximum absolute atomic E-state index is 14.5. The van der Waals surface area contributed by atoms with Crippen LogP contribution in [0.15, 0.2) is 218 Å². The number of rotatable bonds is 54. The molecule has 21 nitrogen and oxygen atoms in total. The van der Waals surface area contributed by atoms with Crippen LogP contribution in [0.2, 0.25) is 0 Å². The monoisotopic (exact) mass is 1460 g/mol. The highest BCUT2D eigenvalue weighted by Crippen LogP contribution is 2.26. The summed E-state index contributed by atoms with van der Waals surface area (Å²) in [6, 6.07) is 70.5. The summed E-state index contributed by atoms with van der Waals surface area (Å²) in [4.78, 5) is 80.3. The van der Waals surface area contributed by atoms with Crippen molar-refractivity contribution in [3.8, 4) is 23.0 Å². The summed E-state index contributed by atoms with van der Waals surface area (Å²) in [7, 11) is 0. The number of aliphatic carboxylic acids is 2. The third kappa shape index (κ3) is 33.7. The van der Waals surface area contributed by atoms with Gasteiger partial charge in [0.2, 0.25) is 23.6 Å². The lowest BCUT2D eigenvalue weighted by atomic mass is 10.0. The summed E-state index contributed by atoms with van der Waals surface area (Å²) in [6.45, 7) is 7.14. The number of hydrogen-bond donors (Lipinski definition) is 6. The van der Waals surface area contributed by atoms with E-state index in [0.717, 1.165) is 67.5 Å². The molecule has 0 aromatic heterocycles. The lowest BCUT2D eigenvalue weighted by molar-refractivity contribution is -0.139. The molecule has 0 saturated carbocycles. The Hall–Kier alpha value is -10.4. The van der Waals surface area contributed by atoms with Crippen molar-refractivity contribution in [3.05, 3.63) is 263 Å². The van der Waals surface area contributed by atoms with Gasteiger partial charge in [0, 0.05) is 78.4 Å². The van der Waals surface area contributed by atoms with Crippen molar-refractivity contribution in [2.45, 2.75) is 142 Å². The topological polar surface area (TPSA) is 262 Å². The average molecular weight is 1460 g/mol. The third-order valence-corrected chi connectivity index (χ3v) is 17.6. The maximum atomic E-state index is 14.5. The van der Waals surface area contributed by atoms with Crippen LogP contribution < -0.4 is 40.2 Å². The van der Waals surface area contributed by atoms with Gasteiger partial charge in [0.1, 0.15) is 49.4 Å². The van der Waals surface area contributed by atoms with E-state index in [0.29, 0.717) is 170 Å². The predicted octanol–water partition coefficient (Wildman–Crippen LogP) is 12.8. The summed E-state index contributed by atoms with van der Waals surface area (Å²) >= 11 is 0. The van der Waals surface area contributed by atoms with Crippen LogP contribution in [0.3, 0.4) is 0 Å². The molecule has 107 heavy (non-hydrogen) atoms. The predicted molar refractivity (Wildman–Crippen MR) is 410 cm³/mol. The Morgan fingerprint density at radius 1 is 0.290 bits per heavy atom. The maximum Gasteiger partial charge on any atom is 0.303 e. The fraction of sp³-hybridized carbons (Fsp3) is 0.372. The van der Waals surface area contributed by atoms with Crippen LogP contribution in [0.5, 0.6) is 23.0 Å². The van der Waals surface area contributed by atoms with Crippen molar-refractivity contribution in [2.24, 2.45) is 0 Å². The zero-order valence-electron chi connectivity index (χ0n) is 61.2. The fourth-order valence-electron chi connectivity index (χ4n) is 11.7. The largest absolute Gasteiger partial charge is 0.489 e. The first-order chi connectivity index (χ1) is 52.4. The molecule has 0 aliphatic rings. The molecule has 8 rings (SSSR count). The molecule has 4 amide bonds. The van der Waals surface area contributed by atoms with Crippen LogP contribution in [-0.2, 0) is 95.6 Å². The Bertz CT molecular complexity index is 3400. The molecule has 0 spiro atoms. The Morgan fingerprint density at radius 3 is 0.822 bits per heavy atom. The molecule has 568 valence electrons. The van der Waals surface area contributed by atoms with Gasteiger partial charge in [-0.3, -0.25) is 38.6 Å². The van der Waals surface area contributed by atoms with Gasteiger partial charge in [-0.15, -0.1) is 0 Å².